The van der Waals surface area contributed by atoms with Crippen LogP contribution in [-0.4, -0.2) is 0 Å². The van der Waals surface area contributed by atoms with Gasteiger partial charge in [-0.25, -0.2) is 0 Å². The van der Waals surface area contributed by atoms with Crippen LogP contribution < -0.4 is 0 Å². The Bertz CT molecular complexity index is 639. The van der Waals surface area contributed by atoms with Crippen LogP contribution in [0.4, 0.5) is 13.2 Å². The van der Waals surface area contributed by atoms with Crippen molar-refractivity contribution in [2.45, 2.75) is 6.18 Å². The van der Waals surface area contributed by atoms with Gasteiger partial charge in [-0.15, -0.1) is 0 Å². The van der Waals surface area contributed by atoms with Crippen molar-refractivity contribution in [2.24, 2.45) is 0 Å². The molecule has 3 heteroatoms. The van der Waals surface area contributed by atoms with Crippen molar-refractivity contribution in [1.29, 1.82) is 0 Å². The van der Waals surface area contributed by atoms with Gasteiger partial charge >= 0.3 is 6.18 Å². The molecule has 0 aromatic heterocycles. The first kappa shape index (κ1) is 14.0. The number of allylic oxidation sites excluding steroid dienone is 1. The largest absolute Gasteiger partial charge is 0.416 e. The molecule has 0 atom stereocenters. The third-order valence-electron chi connectivity index (χ3n) is 2.59. The first-order valence-corrected chi connectivity index (χ1v) is 5.96. The average molecular weight is 272 g/mol. The highest BCUT2D eigenvalue weighted by molar-refractivity contribution is 5.53. The Labute approximate surface area is 115 Å². The van der Waals surface area contributed by atoms with Crippen LogP contribution in [0.2, 0.25) is 0 Å². The lowest BCUT2D eigenvalue weighted by Gasteiger charge is -2.05. The second kappa shape index (κ2) is 6.12. The van der Waals surface area contributed by atoms with Crippen molar-refractivity contribution in [2.75, 3.05) is 0 Å². The van der Waals surface area contributed by atoms with E-state index in [1.165, 1.54) is 12.1 Å². The zero-order chi connectivity index (χ0) is 14.4. The zero-order valence-electron chi connectivity index (χ0n) is 10.5. The standard InChI is InChI=1S/C17H11F3/c18-17(19,20)16-12-10-15(11-13-16)9-5-4-8-14-6-2-1-3-7-14/h1-4,6-8,10-13H/b8-4+. The van der Waals surface area contributed by atoms with Crippen LogP contribution in [0.3, 0.4) is 0 Å². The zero-order valence-corrected chi connectivity index (χ0v) is 10.5. The molecular formula is C17H11F3. The van der Waals surface area contributed by atoms with Crippen LogP contribution in [-0.2, 0) is 6.18 Å². The summed E-state index contributed by atoms with van der Waals surface area (Å²) in [5.41, 5.74) is 0.910. The van der Waals surface area contributed by atoms with Gasteiger partial charge in [-0.2, -0.15) is 13.2 Å². The van der Waals surface area contributed by atoms with Crippen molar-refractivity contribution in [3.8, 4) is 11.8 Å². The minimum absolute atomic E-state index is 0.552. The van der Waals surface area contributed by atoms with Gasteiger partial charge in [0.25, 0.3) is 0 Å². The molecule has 0 radical (unpaired) electrons. The molecule has 20 heavy (non-hydrogen) atoms. The first-order valence-electron chi connectivity index (χ1n) is 5.96. The summed E-state index contributed by atoms with van der Waals surface area (Å²) < 4.78 is 37.1. The summed E-state index contributed by atoms with van der Waals surface area (Å²) >= 11 is 0. The van der Waals surface area contributed by atoms with Gasteiger partial charge in [-0.1, -0.05) is 42.2 Å². The van der Waals surface area contributed by atoms with Gasteiger partial charge in [-0.05, 0) is 42.0 Å². The van der Waals surface area contributed by atoms with E-state index in [0.29, 0.717) is 5.56 Å². The van der Waals surface area contributed by atoms with Crippen LogP contribution in [0.25, 0.3) is 6.08 Å². The van der Waals surface area contributed by atoms with Gasteiger partial charge < -0.3 is 0 Å². The van der Waals surface area contributed by atoms with Crippen LogP contribution >= 0.6 is 0 Å². The van der Waals surface area contributed by atoms with Gasteiger partial charge in [0.15, 0.2) is 0 Å². The molecule has 2 aromatic rings. The molecule has 0 saturated heterocycles. The molecule has 0 nitrogen and oxygen atoms in total. The fraction of sp³-hybridized carbons (Fsp3) is 0.0588. The molecule has 0 aliphatic heterocycles. The number of hydrogen-bond acceptors (Lipinski definition) is 0. The third-order valence-corrected chi connectivity index (χ3v) is 2.59. The van der Waals surface area contributed by atoms with E-state index < -0.39 is 11.7 Å². The van der Waals surface area contributed by atoms with Gasteiger partial charge in [0, 0.05) is 5.56 Å². The molecule has 0 heterocycles. The van der Waals surface area contributed by atoms with Crippen molar-refractivity contribution < 1.29 is 13.2 Å². The molecule has 0 spiro atoms. The Morgan fingerprint density at radius 1 is 0.850 bits per heavy atom. The van der Waals surface area contributed by atoms with E-state index in [9.17, 15) is 13.2 Å². The summed E-state index contributed by atoms with van der Waals surface area (Å²) in [6.45, 7) is 0. The quantitative estimate of drug-likeness (QED) is 0.656. The minimum Gasteiger partial charge on any atom is -0.166 e. The predicted molar refractivity (Wildman–Crippen MR) is 73.8 cm³/mol. The van der Waals surface area contributed by atoms with Crippen LogP contribution in [0.1, 0.15) is 16.7 Å². The Kier molecular flexibility index (Phi) is 4.27. The van der Waals surface area contributed by atoms with Gasteiger partial charge in [0.2, 0.25) is 0 Å². The van der Waals surface area contributed by atoms with E-state index in [2.05, 4.69) is 11.8 Å². The lowest BCUT2D eigenvalue weighted by molar-refractivity contribution is -0.137. The molecular weight excluding hydrogens is 261 g/mol. The van der Waals surface area contributed by atoms with Crippen molar-refractivity contribution >= 4 is 6.08 Å². The predicted octanol–water partition coefficient (Wildman–Crippen LogP) is 4.77. The molecule has 0 N–H and O–H groups in total. The number of halogens is 3. The van der Waals surface area contributed by atoms with Crippen LogP contribution in [0, 0.1) is 11.8 Å². The summed E-state index contributed by atoms with van der Waals surface area (Å²) in [5, 5.41) is 0. The molecule has 0 aliphatic carbocycles. The Hall–Kier alpha value is -2.47. The number of rotatable bonds is 1. The number of alkyl halides is 3. The summed E-state index contributed by atoms with van der Waals surface area (Å²) in [6.07, 6.45) is -0.788. The summed E-state index contributed by atoms with van der Waals surface area (Å²) in [5.74, 6) is 5.59. The monoisotopic (exact) mass is 272 g/mol. The number of benzene rings is 2. The summed E-state index contributed by atoms with van der Waals surface area (Å²) in [6, 6.07) is 14.4. The highest BCUT2D eigenvalue weighted by atomic mass is 19.4. The van der Waals surface area contributed by atoms with E-state index >= 15 is 0 Å². The summed E-state index contributed by atoms with van der Waals surface area (Å²) in [4.78, 5) is 0. The Balaban J connectivity index is 2.05. The SMILES string of the molecule is FC(F)(F)c1ccc(C#C/C=C/c2ccccc2)cc1. The maximum Gasteiger partial charge on any atom is 0.416 e. The van der Waals surface area contributed by atoms with Crippen molar-refractivity contribution in [1.82, 2.24) is 0 Å². The fourth-order valence-electron chi connectivity index (χ4n) is 1.57. The highest BCUT2D eigenvalue weighted by Crippen LogP contribution is 2.28. The molecule has 2 aromatic carbocycles. The van der Waals surface area contributed by atoms with Gasteiger partial charge in [0.1, 0.15) is 0 Å². The lowest BCUT2D eigenvalue weighted by Crippen LogP contribution is -2.03. The third kappa shape index (κ3) is 4.03. The van der Waals surface area contributed by atoms with E-state index in [-0.39, 0.29) is 0 Å². The highest BCUT2D eigenvalue weighted by Gasteiger charge is 2.29. The molecule has 0 fully saturated rings. The molecule has 0 bridgehead atoms. The van der Waals surface area contributed by atoms with E-state index in [4.69, 9.17) is 0 Å². The van der Waals surface area contributed by atoms with Gasteiger partial charge in [0.05, 0.1) is 5.56 Å². The average Bonchev–Trinajstić information content (AvgIpc) is 2.44. The van der Waals surface area contributed by atoms with Gasteiger partial charge in [-0.3, -0.25) is 0 Å². The van der Waals surface area contributed by atoms with Crippen molar-refractivity contribution in [3.05, 3.63) is 77.4 Å². The Morgan fingerprint density at radius 3 is 2.10 bits per heavy atom. The second-order valence-corrected chi connectivity index (χ2v) is 4.09. The fourth-order valence-corrected chi connectivity index (χ4v) is 1.57. The second-order valence-electron chi connectivity index (χ2n) is 4.09. The normalized spacial score (nSPS) is 11.2. The smallest absolute Gasteiger partial charge is 0.166 e. The molecule has 2 rings (SSSR count). The van der Waals surface area contributed by atoms with E-state index in [0.717, 1.165) is 17.7 Å². The van der Waals surface area contributed by atoms with Crippen LogP contribution in [0.15, 0.2) is 60.7 Å². The molecule has 0 amide bonds. The lowest BCUT2D eigenvalue weighted by atomic mass is 10.1. The molecule has 0 unspecified atom stereocenters. The number of hydrogen-bond donors (Lipinski definition) is 0. The molecule has 0 saturated carbocycles. The minimum atomic E-state index is -4.31. The first-order chi connectivity index (χ1) is 9.55. The summed E-state index contributed by atoms with van der Waals surface area (Å²) in [7, 11) is 0. The van der Waals surface area contributed by atoms with Crippen LogP contribution in [0.5, 0.6) is 0 Å². The Morgan fingerprint density at radius 2 is 1.50 bits per heavy atom. The van der Waals surface area contributed by atoms with E-state index in [1.807, 2.05) is 36.4 Å². The maximum atomic E-state index is 12.4. The molecule has 0 aliphatic rings. The van der Waals surface area contributed by atoms with Crippen molar-refractivity contribution in [3.63, 3.8) is 0 Å². The van der Waals surface area contributed by atoms with E-state index in [1.54, 1.807) is 6.08 Å². The maximum absolute atomic E-state index is 12.4. The molecule has 100 valence electrons. The topological polar surface area (TPSA) is 0 Å².